The van der Waals surface area contributed by atoms with Gasteiger partial charge in [0.1, 0.15) is 5.75 Å². The number of aliphatic hydroxyl groups is 2. The van der Waals surface area contributed by atoms with Gasteiger partial charge in [-0.05, 0) is 81.4 Å². The number of phenolic OH excluding ortho intramolecular Hbond substituents is 1. The number of hydrogen-bond donors (Lipinski definition) is 3. The van der Waals surface area contributed by atoms with Gasteiger partial charge >= 0.3 is 0 Å². The van der Waals surface area contributed by atoms with Crippen LogP contribution in [-0.2, 0) is 20.6 Å². The maximum absolute atomic E-state index is 14.2. The Labute approximate surface area is 324 Å². The van der Waals surface area contributed by atoms with E-state index in [1.54, 1.807) is 12.1 Å². The smallest absolute Gasteiger partial charge is 0.261 e. The number of amides is 2. The Morgan fingerprint density at radius 1 is 0.944 bits per heavy atom. The quantitative estimate of drug-likeness (QED) is 0.0660. The predicted molar refractivity (Wildman–Crippen MR) is 219 cm³/mol. The third-order valence-corrected chi connectivity index (χ3v) is 17.0. The minimum absolute atomic E-state index is 0.159. The van der Waals surface area contributed by atoms with E-state index in [4.69, 9.17) is 4.43 Å². The molecule has 4 aromatic rings. The summed E-state index contributed by atoms with van der Waals surface area (Å²) in [6, 6.07) is 31.7. The van der Waals surface area contributed by atoms with E-state index in [-0.39, 0.29) is 48.8 Å². The van der Waals surface area contributed by atoms with Crippen molar-refractivity contribution >= 4 is 47.9 Å². The molecule has 54 heavy (non-hydrogen) atoms. The third-order valence-electron chi connectivity index (χ3n) is 11.2. The number of likely N-dealkylation sites (tertiary alicyclic amines) is 1. The monoisotopic (exact) mass is 763 g/mol. The number of benzene rings is 3. The molecular formula is C45H53NO6SSi. The van der Waals surface area contributed by atoms with Crippen LogP contribution in [-0.4, -0.2) is 59.7 Å². The van der Waals surface area contributed by atoms with Gasteiger partial charge in [-0.1, -0.05) is 125 Å². The van der Waals surface area contributed by atoms with Gasteiger partial charge in [-0.2, -0.15) is 0 Å². The maximum Gasteiger partial charge on any atom is 0.261 e. The molecule has 4 atom stereocenters. The van der Waals surface area contributed by atoms with Crippen molar-refractivity contribution in [1.29, 1.82) is 0 Å². The van der Waals surface area contributed by atoms with E-state index in [0.717, 1.165) is 44.8 Å². The van der Waals surface area contributed by atoms with Crippen LogP contribution in [0.5, 0.6) is 5.75 Å². The van der Waals surface area contributed by atoms with Crippen molar-refractivity contribution in [2.45, 2.75) is 77.5 Å². The van der Waals surface area contributed by atoms with Crippen molar-refractivity contribution in [1.82, 2.24) is 4.90 Å². The molecule has 6 rings (SSSR count). The minimum Gasteiger partial charge on any atom is -0.508 e. The number of imide groups is 1. The highest BCUT2D eigenvalue weighted by molar-refractivity contribution is 7.09. The molecule has 1 aliphatic carbocycles. The Morgan fingerprint density at radius 3 is 2.20 bits per heavy atom. The van der Waals surface area contributed by atoms with Crippen molar-refractivity contribution in [2.24, 2.45) is 17.8 Å². The van der Waals surface area contributed by atoms with Gasteiger partial charge in [0.2, 0.25) is 11.8 Å². The lowest BCUT2D eigenvalue weighted by Gasteiger charge is -2.44. The van der Waals surface area contributed by atoms with E-state index >= 15 is 0 Å². The van der Waals surface area contributed by atoms with Crippen LogP contribution >= 0.6 is 11.3 Å². The fraction of sp³-hybridized carbons (Fsp3) is 0.378. The zero-order chi connectivity index (χ0) is 38.5. The van der Waals surface area contributed by atoms with E-state index in [1.807, 2.05) is 66.0 Å². The van der Waals surface area contributed by atoms with E-state index in [0.29, 0.717) is 18.4 Å². The lowest BCUT2D eigenvalue weighted by Crippen LogP contribution is -2.66. The van der Waals surface area contributed by atoms with Crippen LogP contribution in [0.3, 0.4) is 0 Å². The van der Waals surface area contributed by atoms with Crippen LogP contribution < -0.4 is 10.4 Å². The highest BCUT2D eigenvalue weighted by Crippen LogP contribution is 2.48. The van der Waals surface area contributed by atoms with Gasteiger partial charge in [0.05, 0.1) is 37.7 Å². The van der Waals surface area contributed by atoms with E-state index < -0.39 is 32.2 Å². The fourth-order valence-corrected chi connectivity index (χ4v) is 14.0. The van der Waals surface area contributed by atoms with Crippen molar-refractivity contribution in [2.75, 3.05) is 13.2 Å². The van der Waals surface area contributed by atoms with Gasteiger partial charge in [-0.15, -0.1) is 11.3 Å². The summed E-state index contributed by atoms with van der Waals surface area (Å²) in [7, 11) is -3.01. The Bertz CT molecular complexity index is 1910. The molecule has 0 saturated carbocycles. The standard InChI is InChI=1S/C45H53NO6SSi/c1-5-14-31(25-32-15-12-16-34(48)26-32)22-23-40(49)41-33(27-38-42(39(41)29-47)44(51)46(43(38)50)28-35-17-13-24-53-35)30-52-54(45(2,3)4,36-18-8-6-9-19-36)37-20-10-7-11-21-37/h6-13,15-21,24-26,38-40,42,47-49H,5,14,22-23,27-30H2,1-4H3/b31-25+/t38-,39+,40-,42-/m1/s1. The first kappa shape index (κ1) is 39.6. The highest BCUT2D eigenvalue weighted by Gasteiger charge is 2.56. The number of fused-ring (bicyclic) bond motifs is 1. The summed E-state index contributed by atoms with van der Waals surface area (Å²) < 4.78 is 7.40. The summed E-state index contributed by atoms with van der Waals surface area (Å²) in [4.78, 5) is 30.6. The van der Waals surface area contributed by atoms with Gasteiger partial charge in [0, 0.05) is 10.8 Å². The molecule has 0 radical (unpaired) electrons. The zero-order valence-corrected chi connectivity index (χ0v) is 33.6. The van der Waals surface area contributed by atoms with Gasteiger partial charge < -0.3 is 19.7 Å². The molecule has 7 nitrogen and oxygen atoms in total. The normalized spacial score (nSPS) is 20.1. The van der Waals surface area contributed by atoms with Crippen LogP contribution in [0.4, 0.5) is 0 Å². The molecule has 284 valence electrons. The maximum atomic E-state index is 14.2. The predicted octanol–water partition coefficient (Wildman–Crippen LogP) is 7.47. The Balaban J connectivity index is 1.41. The van der Waals surface area contributed by atoms with Gasteiger partial charge in [0.25, 0.3) is 8.32 Å². The molecule has 1 saturated heterocycles. The summed E-state index contributed by atoms with van der Waals surface area (Å²) in [6.07, 6.45) is 4.07. The number of aliphatic hydroxyl groups excluding tert-OH is 2. The zero-order valence-electron chi connectivity index (χ0n) is 31.8. The molecule has 3 aromatic carbocycles. The first-order valence-corrected chi connectivity index (χ1v) is 21.9. The van der Waals surface area contributed by atoms with E-state index in [1.165, 1.54) is 16.2 Å². The number of allylic oxidation sites excluding steroid dienone is 1. The summed E-state index contributed by atoms with van der Waals surface area (Å²) >= 11 is 1.50. The highest BCUT2D eigenvalue weighted by atomic mass is 32.1. The molecule has 3 N–H and O–H groups in total. The molecule has 0 spiro atoms. The van der Waals surface area contributed by atoms with Gasteiger partial charge in [-0.3, -0.25) is 14.5 Å². The topological polar surface area (TPSA) is 107 Å². The molecule has 1 fully saturated rings. The molecule has 9 heteroatoms. The number of hydrogen-bond acceptors (Lipinski definition) is 7. The first-order chi connectivity index (χ1) is 26.0. The summed E-state index contributed by atoms with van der Waals surface area (Å²) in [5.74, 6) is -2.46. The van der Waals surface area contributed by atoms with Crippen LogP contribution in [0.1, 0.15) is 70.2 Å². The lowest BCUT2D eigenvalue weighted by molar-refractivity contribution is -0.140. The average Bonchev–Trinajstić information content (AvgIpc) is 3.76. The van der Waals surface area contributed by atoms with Crippen LogP contribution in [0.2, 0.25) is 5.04 Å². The Morgan fingerprint density at radius 2 is 1.63 bits per heavy atom. The first-order valence-electron chi connectivity index (χ1n) is 19.1. The number of thiophene rings is 1. The molecule has 1 aliphatic heterocycles. The molecule has 2 heterocycles. The number of rotatable bonds is 15. The fourth-order valence-electron chi connectivity index (χ4n) is 8.75. The van der Waals surface area contributed by atoms with E-state index in [9.17, 15) is 24.9 Å². The lowest BCUT2D eigenvalue weighted by atomic mass is 9.68. The second kappa shape index (κ2) is 17.1. The SMILES string of the molecule is CCC/C(=C\c1cccc(O)c1)CC[C@@H](O)C1=C(CO[Si](c2ccccc2)(c2ccccc2)C(C)(C)C)C[C@H]2C(=O)N(Cc3cccs3)C(=O)[C@H]2[C@H]1CO. The van der Waals surface area contributed by atoms with Crippen molar-refractivity contribution in [3.63, 3.8) is 0 Å². The molecule has 2 amide bonds. The summed E-state index contributed by atoms with van der Waals surface area (Å²) in [5, 5.41) is 37.3. The number of carbonyl (C=O) groups excluding carboxylic acids is 2. The third kappa shape index (κ3) is 8.11. The number of nitrogens with zero attached hydrogens (tertiary/aromatic N) is 1. The molecule has 0 unspecified atom stereocenters. The number of aromatic hydroxyl groups is 1. The van der Waals surface area contributed by atoms with Crippen LogP contribution in [0, 0.1) is 17.8 Å². The summed E-state index contributed by atoms with van der Waals surface area (Å²) in [6.45, 7) is 8.75. The minimum atomic E-state index is -3.01. The van der Waals surface area contributed by atoms with Crippen molar-refractivity contribution < 1.29 is 29.3 Å². The van der Waals surface area contributed by atoms with Crippen LogP contribution in [0.25, 0.3) is 6.08 Å². The van der Waals surface area contributed by atoms with Crippen molar-refractivity contribution in [3.05, 3.63) is 130 Å². The second-order valence-corrected chi connectivity index (χ2v) is 21.0. The number of phenols is 1. The molecular weight excluding hydrogens is 711 g/mol. The average molecular weight is 764 g/mol. The summed E-state index contributed by atoms with van der Waals surface area (Å²) in [5.41, 5.74) is 3.45. The van der Waals surface area contributed by atoms with Gasteiger partial charge in [0.15, 0.2) is 0 Å². The van der Waals surface area contributed by atoms with Crippen LogP contribution in [0.15, 0.2) is 119 Å². The second-order valence-electron chi connectivity index (χ2n) is 15.7. The van der Waals surface area contributed by atoms with Gasteiger partial charge in [-0.25, -0.2) is 0 Å². The molecule has 2 aliphatic rings. The largest absolute Gasteiger partial charge is 0.508 e. The Hall–Kier alpha value is -4.12. The van der Waals surface area contributed by atoms with E-state index in [2.05, 4.69) is 58.0 Å². The molecule has 1 aromatic heterocycles. The van der Waals surface area contributed by atoms with Crippen molar-refractivity contribution in [3.8, 4) is 5.75 Å². The number of carbonyl (C=O) groups is 2. The Kier molecular flexibility index (Phi) is 12.5. The molecule has 0 bridgehead atoms.